The van der Waals surface area contributed by atoms with E-state index in [1.54, 1.807) is 11.3 Å². The van der Waals surface area contributed by atoms with Crippen LogP contribution in [0, 0.1) is 0 Å². The van der Waals surface area contributed by atoms with Crippen LogP contribution in [0.1, 0.15) is 23.8 Å². The predicted octanol–water partition coefficient (Wildman–Crippen LogP) is 1.73. The van der Waals surface area contributed by atoms with Gasteiger partial charge in [-0.3, -0.25) is 0 Å². The van der Waals surface area contributed by atoms with Gasteiger partial charge in [0.2, 0.25) is 0 Å². The third-order valence-corrected chi connectivity index (χ3v) is 2.51. The van der Waals surface area contributed by atoms with Crippen molar-refractivity contribution < 1.29 is 4.79 Å². The monoisotopic (exact) mass is 169 g/mol. The SMILES string of the molecule is NC(CCC=O)c1cccs1. The molecule has 0 aliphatic rings. The van der Waals surface area contributed by atoms with Gasteiger partial charge < -0.3 is 10.5 Å². The Bertz CT molecular complexity index is 208. The maximum atomic E-state index is 10.0. The zero-order chi connectivity index (χ0) is 8.10. The molecule has 0 saturated carbocycles. The highest BCUT2D eigenvalue weighted by molar-refractivity contribution is 7.10. The fourth-order valence-corrected chi connectivity index (χ4v) is 1.66. The zero-order valence-electron chi connectivity index (χ0n) is 6.19. The molecule has 1 heterocycles. The van der Waals surface area contributed by atoms with Gasteiger partial charge in [0.25, 0.3) is 0 Å². The Morgan fingerprint density at radius 1 is 1.73 bits per heavy atom. The minimum absolute atomic E-state index is 0.0419. The summed E-state index contributed by atoms with van der Waals surface area (Å²) in [5, 5.41) is 2.00. The van der Waals surface area contributed by atoms with Crippen molar-refractivity contribution in [2.24, 2.45) is 5.73 Å². The van der Waals surface area contributed by atoms with Crippen molar-refractivity contribution in [1.82, 2.24) is 0 Å². The van der Waals surface area contributed by atoms with Crippen molar-refractivity contribution in [2.75, 3.05) is 0 Å². The largest absolute Gasteiger partial charge is 0.323 e. The molecule has 0 fully saturated rings. The number of aldehydes is 1. The third-order valence-electron chi connectivity index (χ3n) is 1.50. The van der Waals surface area contributed by atoms with E-state index in [0.717, 1.165) is 17.6 Å². The number of thiophene rings is 1. The molecular weight excluding hydrogens is 158 g/mol. The van der Waals surface area contributed by atoms with Crippen molar-refractivity contribution in [3.8, 4) is 0 Å². The van der Waals surface area contributed by atoms with Crippen molar-refractivity contribution in [3.63, 3.8) is 0 Å². The van der Waals surface area contributed by atoms with Crippen LogP contribution in [0.3, 0.4) is 0 Å². The van der Waals surface area contributed by atoms with E-state index < -0.39 is 0 Å². The van der Waals surface area contributed by atoms with Crippen LogP contribution in [0.2, 0.25) is 0 Å². The first-order valence-electron chi connectivity index (χ1n) is 3.57. The average molecular weight is 169 g/mol. The van der Waals surface area contributed by atoms with Crippen LogP contribution in [0.5, 0.6) is 0 Å². The molecule has 1 unspecified atom stereocenters. The normalized spacial score (nSPS) is 12.8. The Morgan fingerprint density at radius 3 is 3.09 bits per heavy atom. The Morgan fingerprint density at radius 2 is 2.55 bits per heavy atom. The summed E-state index contributed by atoms with van der Waals surface area (Å²) in [6.07, 6.45) is 2.22. The molecule has 2 nitrogen and oxygen atoms in total. The number of hydrogen-bond acceptors (Lipinski definition) is 3. The topological polar surface area (TPSA) is 43.1 Å². The van der Waals surface area contributed by atoms with Crippen LogP contribution in [0.25, 0.3) is 0 Å². The molecule has 3 heteroatoms. The van der Waals surface area contributed by atoms with E-state index in [-0.39, 0.29) is 6.04 Å². The van der Waals surface area contributed by atoms with Gasteiger partial charge in [-0.2, -0.15) is 0 Å². The molecule has 1 aromatic rings. The minimum Gasteiger partial charge on any atom is -0.323 e. The molecule has 60 valence electrons. The highest BCUT2D eigenvalue weighted by Crippen LogP contribution is 2.19. The van der Waals surface area contributed by atoms with Gasteiger partial charge in [-0.15, -0.1) is 11.3 Å². The van der Waals surface area contributed by atoms with E-state index in [9.17, 15) is 4.79 Å². The molecular formula is C8H11NOS. The van der Waals surface area contributed by atoms with Crippen LogP contribution < -0.4 is 5.73 Å². The minimum atomic E-state index is 0.0419. The van der Waals surface area contributed by atoms with E-state index in [2.05, 4.69) is 0 Å². The second-order valence-corrected chi connectivity index (χ2v) is 3.35. The van der Waals surface area contributed by atoms with Gasteiger partial charge in [-0.05, 0) is 17.9 Å². The van der Waals surface area contributed by atoms with Crippen LogP contribution in [0.15, 0.2) is 17.5 Å². The molecule has 0 radical (unpaired) electrons. The average Bonchev–Trinajstić information content (AvgIpc) is 2.52. The van der Waals surface area contributed by atoms with Gasteiger partial charge in [0.15, 0.2) is 0 Å². The molecule has 1 aromatic heterocycles. The fraction of sp³-hybridized carbons (Fsp3) is 0.375. The van der Waals surface area contributed by atoms with Crippen LogP contribution in [-0.4, -0.2) is 6.29 Å². The number of nitrogens with two attached hydrogens (primary N) is 1. The number of carbonyl (C=O) groups excluding carboxylic acids is 1. The predicted molar refractivity (Wildman–Crippen MR) is 46.5 cm³/mol. The molecule has 0 aliphatic heterocycles. The molecule has 1 rings (SSSR count). The van der Waals surface area contributed by atoms with E-state index in [1.807, 2.05) is 17.5 Å². The maximum absolute atomic E-state index is 10.0. The molecule has 11 heavy (non-hydrogen) atoms. The summed E-state index contributed by atoms with van der Waals surface area (Å²) in [6, 6.07) is 4.01. The second-order valence-electron chi connectivity index (χ2n) is 2.37. The molecule has 2 N–H and O–H groups in total. The van der Waals surface area contributed by atoms with Gasteiger partial charge in [0.05, 0.1) is 0 Å². The van der Waals surface area contributed by atoms with E-state index in [1.165, 1.54) is 0 Å². The summed E-state index contributed by atoms with van der Waals surface area (Å²) >= 11 is 1.64. The second kappa shape index (κ2) is 4.26. The Kier molecular flexibility index (Phi) is 3.26. The highest BCUT2D eigenvalue weighted by Gasteiger charge is 2.04. The summed E-state index contributed by atoms with van der Waals surface area (Å²) in [5.41, 5.74) is 5.78. The van der Waals surface area contributed by atoms with Crippen molar-refractivity contribution in [1.29, 1.82) is 0 Å². The maximum Gasteiger partial charge on any atom is 0.120 e. The first-order valence-corrected chi connectivity index (χ1v) is 4.45. The smallest absolute Gasteiger partial charge is 0.120 e. The zero-order valence-corrected chi connectivity index (χ0v) is 7.01. The van der Waals surface area contributed by atoms with Crippen LogP contribution in [-0.2, 0) is 4.79 Å². The summed E-state index contributed by atoms with van der Waals surface area (Å²) in [7, 11) is 0. The van der Waals surface area contributed by atoms with Crippen LogP contribution >= 0.6 is 11.3 Å². The number of carbonyl (C=O) groups is 1. The van der Waals surface area contributed by atoms with Gasteiger partial charge in [0, 0.05) is 17.3 Å². The molecule has 0 bridgehead atoms. The first kappa shape index (κ1) is 8.43. The summed E-state index contributed by atoms with van der Waals surface area (Å²) in [6.45, 7) is 0. The lowest BCUT2D eigenvalue weighted by molar-refractivity contribution is -0.108. The Balaban J connectivity index is 2.42. The molecule has 0 aromatic carbocycles. The molecule has 0 amide bonds. The quantitative estimate of drug-likeness (QED) is 0.697. The van der Waals surface area contributed by atoms with Crippen molar-refractivity contribution >= 4 is 17.6 Å². The lowest BCUT2D eigenvalue weighted by atomic mass is 10.1. The van der Waals surface area contributed by atoms with Gasteiger partial charge in [-0.25, -0.2) is 0 Å². The number of hydrogen-bond donors (Lipinski definition) is 1. The summed E-state index contributed by atoms with van der Waals surface area (Å²) < 4.78 is 0. The lowest BCUT2D eigenvalue weighted by Crippen LogP contribution is -2.08. The molecule has 0 spiro atoms. The van der Waals surface area contributed by atoms with E-state index >= 15 is 0 Å². The number of rotatable bonds is 4. The standard InChI is InChI=1S/C8H11NOS/c9-7(3-1-5-10)8-4-2-6-11-8/h2,4-7H,1,3,9H2. The van der Waals surface area contributed by atoms with Gasteiger partial charge in [0.1, 0.15) is 6.29 Å². The van der Waals surface area contributed by atoms with Crippen molar-refractivity contribution in [2.45, 2.75) is 18.9 Å². The van der Waals surface area contributed by atoms with Gasteiger partial charge >= 0.3 is 0 Å². The Hall–Kier alpha value is -0.670. The van der Waals surface area contributed by atoms with E-state index in [0.29, 0.717) is 6.42 Å². The molecule has 0 aliphatic carbocycles. The Labute approximate surface area is 70.0 Å². The fourth-order valence-electron chi connectivity index (χ4n) is 0.892. The van der Waals surface area contributed by atoms with Crippen molar-refractivity contribution in [3.05, 3.63) is 22.4 Å². The van der Waals surface area contributed by atoms with Gasteiger partial charge in [-0.1, -0.05) is 6.07 Å². The molecule has 0 saturated heterocycles. The summed E-state index contributed by atoms with van der Waals surface area (Å²) in [4.78, 5) is 11.2. The van der Waals surface area contributed by atoms with E-state index in [4.69, 9.17) is 5.73 Å². The highest BCUT2D eigenvalue weighted by atomic mass is 32.1. The molecule has 1 atom stereocenters. The summed E-state index contributed by atoms with van der Waals surface area (Å²) in [5.74, 6) is 0. The third kappa shape index (κ3) is 2.44. The lowest BCUT2D eigenvalue weighted by Gasteiger charge is -2.05. The first-order chi connectivity index (χ1) is 5.34. The van der Waals surface area contributed by atoms with Crippen LogP contribution in [0.4, 0.5) is 0 Å².